The van der Waals surface area contributed by atoms with Gasteiger partial charge in [-0.05, 0) is 30.2 Å². The highest BCUT2D eigenvalue weighted by molar-refractivity contribution is 5.92. The Hall–Kier alpha value is -2.34. The minimum Gasteiger partial charge on any atom is -0.378 e. The summed E-state index contributed by atoms with van der Waals surface area (Å²) in [6.07, 6.45) is 1.94. The lowest BCUT2D eigenvalue weighted by Crippen LogP contribution is -2.36. The molecule has 1 saturated heterocycles. The molecule has 0 radical (unpaired) electrons. The van der Waals surface area contributed by atoms with Crippen LogP contribution in [0.3, 0.4) is 0 Å². The molecular formula is C19H26N4O2. The SMILES string of the molecule is CCCc1cc(C(=O)N(C)Cc2ccc(N3CCOCC3)cc2)n[nH]1. The maximum atomic E-state index is 12.5. The molecule has 2 aromatic rings. The van der Waals surface area contributed by atoms with Gasteiger partial charge in [0.25, 0.3) is 5.91 Å². The van der Waals surface area contributed by atoms with Crippen molar-refractivity contribution in [3.8, 4) is 0 Å². The standard InChI is InChI=1S/C19H26N4O2/c1-3-4-16-13-18(21-20-16)19(24)22(2)14-15-5-7-17(8-6-15)23-9-11-25-12-10-23/h5-8,13H,3-4,9-12,14H2,1-2H3,(H,20,21). The van der Waals surface area contributed by atoms with Crippen LogP contribution in [0.4, 0.5) is 5.69 Å². The number of nitrogens with zero attached hydrogens (tertiary/aromatic N) is 3. The Balaban J connectivity index is 1.59. The van der Waals surface area contributed by atoms with Gasteiger partial charge in [0.1, 0.15) is 5.69 Å². The summed E-state index contributed by atoms with van der Waals surface area (Å²) >= 11 is 0. The number of H-pyrrole nitrogens is 1. The Bertz CT molecular complexity index is 690. The number of morpholine rings is 1. The minimum atomic E-state index is -0.0594. The van der Waals surface area contributed by atoms with Crippen LogP contribution in [0.2, 0.25) is 0 Å². The van der Waals surface area contributed by atoms with E-state index in [0.29, 0.717) is 12.2 Å². The third-order valence-corrected chi connectivity index (χ3v) is 4.45. The van der Waals surface area contributed by atoms with Gasteiger partial charge >= 0.3 is 0 Å². The van der Waals surface area contributed by atoms with Gasteiger partial charge in [0, 0.05) is 38.1 Å². The van der Waals surface area contributed by atoms with Crippen LogP contribution in [0.1, 0.15) is 35.1 Å². The third-order valence-electron chi connectivity index (χ3n) is 4.45. The molecule has 0 atom stereocenters. The van der Waals surface area contributed by atoms with Crippen LogP contribution in [0.25, 0.3) is 0 Å². The van der Waals surface area contributed by atoms with Crippen molar-refractivity contribution in [2.45, 2.75) is 26.3 Å². The average Bonchev–Trinajstić information content (AvgIpc) is 3.11. The van der Waals surface area contributed by atoms with E-state index in [1.807, 2.05) is 13.1 Å². The number of hydrogen-bond acceptors (Lipinski definition) is 4. The van der Waals surface area contributed by atoms with Crippen molar-refractivity contribution in [3.63, 3.8) is 0 Å². The van der Waals surface area contributed by atoms with Gasteiger partial charge in [-0.25, -0.2) is 0 Å². The Morgan fingerprint density at radius 1 is 1.28 bits per heavy atom. The van der Waals surface area contributed by atoms with Crippen LogP contribution in [-0.2, 0) is 17.7 Å². The lowest BCUT2D eigenvalue weighted by molar-refractivity contribution is 0.0779. The molecule has 6 nitrogen and oxygen atoms in total. The maximum absolute atomic E-state index is 12.5. The Morgan fingerprint density at radius 3 is 2.68 bits per heavy atom. The quantitative estimate of drug-likeness (QED) is 0.876. The van der Waals surface area contributed by atoms with Crippen LogP contribution in [0.5, 0.6) is 0 Å². The molecule has 1 N–H and O–H groups in total. The maximum Gasteiger partial charge on any atom is 0.274 e. The molecule has 1 aromatic carbocycles. The number of rotatable bonds is 6. The summed E-state index contributed by atoms with van der Waals surface area (Å²) < 4.78 is 5.39. The molecule has 1 fully saturated rings. The molecule has 0 bridgehead atoms. The number of anilines is 1. The number of amides is 1. The summed E-state index contributed by atoms with van der Waals surface area (Å²) in [5, 5.41) is 7.07. The van der Waals surface area contributed by atoms with E-state index in [1.54, 1.807) is 4.90 Å². The van der Waals surface area contributed by atoms with Gasteiger partial charge in [0.05, 0.1) is 13.2 Å². The van der Waals surface area contributed by atoms with E-state index >= 15 is 0 Å². The van der Waals surface area contributed by atoms with E-state index in [2.05, 4.69) is 46.3 Å². The number of ether oxygens (including phenoxy) is 1. The summed E-state index contributed by atoms with van der Waals surface area (Å²) in [6.45, 7) is 6.09. The Labute approximate surface area is 148 Å². The zero-order valence-corrected chi connectivity index (χ0v) is 15.0. The topological polar surface area (TPSA) is 61.5 Å². The molecule has 134 valence electrons. The van der Waals surface area contributed by atoms with Crippen molar-refractivity contribution >= 4 is 11.6 Å². The molecule has 0 saturated carbocycles. The molecule has 1 amide bonds. The number of carbonyl (C=O) groups is 1. The highest BCUT2D eigenvalue weighted by Crippen LogP contribution is 2.18. The zero-order valence-electron chi connectivity index (χ0n) is 15.0. The number of nitrogens with one attached hydrogen (secondary N) is 1. The second-order valence-electron chi connectivity index (χ2n) is 6.46. The zero-order chi connectivity index (χ0) is 17.6. The summed E-state index contributed by atoms with van der Waals surface area (Å²) in [6, 6.07) is 10.3. The van der Waals surface area contributed by atoms with Crippen molar-refractivity contribution in [2.24, 2.45) is 0 Å². The molecule has 1 aliphatic heterocycles. The first kappa shape index (κ1) is 17.5. The predicted octanol–water partition coefficient (Wildman–Crippen LogP) is 2.47. The molecule has 0 aliphatic carbocycles. The number of carbonyl (C=O) groups excluding carboxylic acids is 1. The second kappa shape index (κ2) is 8.16. The highest BCUT2D eigenvalue weighted by Gasteiger charge is 2.16. The summed E-state index contributed by atoms with van der Waals surface area (Å²) in [7, 11) is 1.81. The van der Waals surface area contributed by atoms with Crippen molar-refractivity contribution in [1.82, 2.24) is 15.1 Å². The summed E-state index contributed by atoms with van der Waals surface area (Å²) in [5.74, 6) is -0.0594. The molecule has 1 aliphatic rings. The van der Waals surface area contributed by atoms with Crippen LogP contribution in [0, 0.1) is 0 Å². The normalized spacial score (nSPS) is 14.6. The van der Waals surface area contributed by atoms with E-state index in [1.165, 1.54) is 5.69 Å². The summed E-state index contributed by atoms with van der Waals surface area (Å²) in [4.78, 5) is 16.5. The third kappa shape index (κ3) is 4.39. The lowest BCUT2D eigenvalue weighted by atomic mass is 10.1. The fraction of sp³-hybridized carbons (Fsp3) is 0.474. The smallest absolute Gasteiger partial charge is 0.274 e. The lowest BCUT2D eigenvalue weighted by Gasteiger charge is -2.29. The fourth-order valence-electron chi connectivity index (χ4n) is 3.04. The van der Waals surface area contributed by atoms with E-state index < -0.39 is 0 Å². The van der Waals surface area contributed by atoms with E-state index in [0.717, 1.165) is 50.4 Å². The van der Waals surface area contributed by atoms with Gasteiger partial charge in [-0.2, -0.15) is 5.10 Å². The van der Waals surface area contributed by atoms with E-state index in [4.69, 9.17) is 4.74 Å². The molecule has 0 unspecified atom stereocenters. The first-order chi connectivity index (χ1) is 12.2. The van der Waals surface area contributed by atoms with Gasteiger partial charge < -0.3 is 14.5 Å². The number of aromatic nitrogens is 2. The van der Waals surface area contributed by atoms with Gasteiger partial charge in [-0.15, -0.1) is 0 Å². The Morgan fingerprint density at radius 2 is 2.00 bits per heavy atom. The van der Waals surface area contributed by atoms with Crippen molar-refractivity contribution in [1.29, 1.82) is 0 Å². The number of hydrogen-bond donors (Lipinski definition) is 1. The Kier molecular flexibility index (Phi) is 5.71. The van der Waals surface area contributed by atoms with Crippen LogP contribution >= 0.6 is 0 Å². The van der Waals surface area contributed by atoms with Crippen molar-refractivity contribution < 1.29 is 9.53 Å². The first-order valence-corrected chi connectivity index (χ1v) is 8.88. The first-order valence-electron chi connectivity index (χ1n) is 8.88. The van der Waals surface area contributed by atoms with Gasteiger partial charge in [0.2, 0.25) is 0 Å². The van der Waals surface area contributed by atoms with Gasteiger partial charge in [-0.1, -0.05) is 25.5 Å². The molecule has 0 spiro atoms. The van der Waals surface area contributed by atoms with Gasteiger partial charge in [0.15, 0.2) is 0 Å². The monoisotopic (exact) mass is 342 g/mol. The molecule has 2 heterocycles. The molecular weight excluding hydrogens is 316 g/mol. The second-order valence-corrected chi connectivity index (χ2v) is 6.46. The molecule has 6 heteroatoms. The van der Waals surface area contributed by atoms with Gasteiger partial charge in [-0.3, -0.25) is 9.89 Å². The van der Waals surface area contributed by atoms with Crippen LogP contribution in [0.15, 0.2) is 30.3 Å². The predicted molar refractivity (Wildman–Crippen MR) is 97.9 cm³/mol. The molecule has 3 rings (SSSR count). The van der Waals surface area contributed by atoms with E-state index in [-0.39, 0.29) is 5.91 Å². The highest BCUT2D eigenvalue weighted by atomic mass is 16.5. The van der Waals surface area contributed by atoms with Crippen LogP contribution < -0.4 is 4.90 Å². The molecule has 1 aromatic heterocycles. The number of benzene rings is 1. The largest absolute Gasteiger partial charge is 0.378 e. The van der Waals surface area contributed by atoms with Crippen LogP contribution in [-0.4, -0.2) is 54.4 Å². The minimum absolute atomic E-state index is 0.0594. The van der Waals surface area contributed by atoms with Crippen molar-refractivity contribution in [2.75, 3.05) is 38.3 Å². The van der Waals surface area contributed by atoms with Crippen molar-refractivity contribution in [3.05, 3.63) is 47.3 Å². The average molecular weight is 342 g/mol. The number of aryl methyl sites for hydroxylation is 1. The summed E-state index contributed by atoms with van der Waals surface area (Å²) in [5.41, 5.74) is 3.81. The van der Waals surface area contributed by atoms with E-state index in [9.17, 15) is 4.79 Å². The fourth-order valence-corrected chi connectivity index (χ4v) is 3.04. The molecule has 25 heavy (non-hydrogen) atoms. The number of aromatic amines is 1.